The molecule has 1 aromatic heterocycles. The summed E-state index contributed by atoms with van der Waals surface area (Å²) in [5.74, 6) is 1.60. The van der Waals surface area contributed by atoms with Crippen LogP contribution in [0.4, 0.5) is 5.69 Å². The summed E-state index contributed by atoms with van der Waals surface area (Å²) >= 11 is 0. The Bertz CT molecular complexity index is 980. The molecule has 0 aliphatic carbocycles. The van der Waals surface area contributed by atoms with Crippen molar-refractivity contribution in [1.82, 2.24) is 9.88 Å². The van der Waals surface area contributed by atoms with E-state index in [0.29, 0.717) is 18.8 Å². The van der Waals surface area contributed by atoms with E-state index in [4.69, 9.17) is 9.47 Å². The zero-order chi connectivity index (χ0) is 19.5. The molecule has 0 spiro atoms. The highest BCUT2D eigenvalue weighted by molar-refractivity contribution is 5.95. The van der Waals surface area contributed by atoms with Crippen LogP contribution in [0.1, 0.15) is 10.5 Å². The third kappa shape index (κ3) is 3.58. The minimum absolute atomic E-state index is 0.0212. The Morgan fingerprint density at radius 1 is 0.857 bits per heavy atom. The Morgan fingerprint density at radius 3 is 2.21 bits per heavy atom. The number of amides is 1. The summed E-state index contributed by atoms with van der Waals surface area (Å²) in [5, 5.41) is 0.959. The molecule has 1 saturated heterocycles. The molecule has 4 rings (SSSR count). The number of benzene rings is 2. The SMILES string of the molecule is COc1ccc(N2CCN(C(=O)c3ccc4cc(OC)ccc4n3)CC2)cc1. The number of methoxy groups -OCH3 is 2. The first-order valence-corrected chi connectivity index (χ1v) is 9.31. The molecule has 3 aromatic rings. The number of anilines is 1. The Morgan fingerprint density at radius 2 is 1.54 bits per heavy atom. The van der Waals surface area contributed by atoms with Crippen LogP contribution in [-0.2, 0) is 0 Å². The molecule has 0 unspecified atom stereocenters. The van der Waals surface area contributed by atoms with Crippen LogP contribution in [0, 0.1) is 0 Å². The smallest absolute Gasteiger partial charge is 0.272 e. The molecule has 0 saturated carbocycles. The van der Waals surface area contributed by atoms with Gasteiger partial charge in [0, 0.05) is 37.3 Å². The van der Waals surface area contributed by atoms with Crippen molar-refractivity contribution in [3.8, 4) is 11.5 Å². The van der Waals surface area contributed by atoms with Crippen molar-refractivity contribution in [2.45, 2.75) is 0 Å². The molecule has 2 aromatic carbocycles. The molecule has 1 aliphatic heterocycles. The lowest BCUT2D eigenvalue weighted by atomic mass is 10.1. The number of hydrogen-bond acceptors (Lipinski definition) is 5. The minimum atomic E-state index is -0.0212. The fourth-order valence-electron chi connectivity index (χ4n) is 3.47. The van der Waals surface area contributed by atoms with Crippen LogP contribution in [0.3, 0.4) is 0 Å². The van der Waals surface area contributed by atoms with Gasteiger partial charge in [-0.05, 0) is 48.5 Å². The maximum atomic E-state index is 12.9. The zero-order valence-electron chi connectivity index (χ0n) is 16.1. The van der Waals surface area contributed by atoms with Gasteiger partial charge in [-0.15, -0.1) is 0 Å². The van der Waals surface area contributed by atoms with Gasteiger partial charge in [-0.2, -0.15) is 0 Å². The van der Waals surface area contributed by atoms with Crippen molar-refractivity contribution < 1.29 is 14.3 Å². The largest absolute Gasteiger partial charge is 0.497 e. The summed E-state index contributed by atoms with van der Waals surface area (Å²) in [7, 11) is 3.30. The van der Waals surface area contributed by atoms with Crippen molar-refractivity contribution in [3.05, 3.63) is 60.3 Å². The second kappa shape index (κ2) is 7.76. The molecule has 1 amide bonds. The van der Waals surface area contributed by atoms with E-state index >= 15 is 0 Å². The van der Waals surface area contributed by atoms with Gasteiger partial charge in [0.25, 0.3) is 5.91 Å². The number of nitrogens with zero attached hydrogens (tertiary/aromatic N) is 3. The number of aromatic nitrogens is 1. The fraction of sp³-hybridized carbons (Fsp3) is 0.273. The van der Waals surface area contributed by atoms with E-state index in [1.54, 1.807) is 20.3 Å². The number of carbonyl (C=O) groups excluding carboxylic acids is 1. The average Bonchev–Trinajstić information content (AvgIpc) is 2.78. The molecule has 0 N–H and O–H groups in total. The lowest BCUT2D eigenvalue weighted by Crippen LogP contribution is -2.49. The normalized spacial score (nSPS) is 14.2. The number of pyridine rings is 1. The molecule has 6 nitrogen and oxygen atoms in total. The second-order valence-corrected chi connectivity index (χ2v) is 6.73. The molecule has 6 heteroatoms. The molecular formula is C22H23N3O3. The quantitative estimate of drug-likeness (QED) is 0.699. The highest BCUT2D eigenvalue weighted by Crippen LogP contribution is 2.22. The average molecular weight is 377 g/mol. The van der Waals surface area contributed by atoms with Gasteiger partial charge in [0.2, 0.25) is 0 Å². The van der Waals surface area contributed by atoms with Gasteiger partial charge in [0.05, 0.1) is 19.7 Å². The van der Waals surface area contributed by atoms with E-state index in [9.17, 15) is 4.79 Å². The molecule has 0 atom stereocenters. The lowest BCUT2D eigenvalue weighted by molar-refractivity contribution is 0.0741. The maximum Gasteiger partial charge on any atom is 0.272 e. The molecule has 144 valence electrons. The third-order valence-corrected chi connectivity index (χ3v) is 5.12. The molecule has 28 heavy (non-hydrogen) atoms. The highest BCUT2D eigenvalue weighted by atomic mass is 16.5. The minimum Gasteiger partial charge on any atom is -0.497 e. The maximum absolute atomic E-state index is 12.9. The number of rotatable bonds is 4. The monoisotopic (exact) mass is 377 g/mol. The van der Waals surface area contributed by atoms with Crippen molar-refractivity contribution in [2.24, 2.45) is 0 Å². The predicted molar refractivity (Wildman–Crippen MR) is 109 cm³/mol. The van der Waals surface area contributed by atoms with E-state index in [0.717, 1.165) is 41.2 Å². The standard InChI is InChI=1S/C22H23N3O3/c1-27-18-6-4-17(5-7-18)24-11-13-25(14-12-24)22(26)21-9-3-16-15-19(28-2)8-10-20(16)23-21/h3-10,15H,11-14H2,1-2H3. The Balaban J connectivity index is 1.44. The van der Waals surface area contributed by atoms with Gasteiger partial charge >= 0.3 is 0 Å². The molecule has 0 bridgehead atoms. The summed E-state index contributed by atoms with van der Waals surface area (Å²) in [6.07, 6.45) is 0. The number of ether oxygens (including phenoxy) is 2. The lowest BCUT2D eigenvalue weighted by Gasteiger charge is -2.36. The van der Waals surface area contributed by atoms with Gasteiger partial charge < -0.3 is 19.3 Å². The Kier molecular flexibility index (Phi) is 5.02. The second-order valence-electron chi connectivity index (χ2n) is 6.73. The number of hydrogen-bond donors (Lipinski definition) is 0. The van der Waals surface area contributed by atoms with Gasteiger partial charge in [0.15, 0.2) is 0 Å². The first-order chi connectivity index (χ1) is 13.7. The van der Waals surface area contributed by atoms with Crippen molar-refractivity contribution in [2.75, 3.05) is 45.3 Å². The summed E-state index contributed by atoms with van der Waals surface area (Å²) < 4.78 is 10.5. The van der Waals surface area contributed by atoms with Crippen molar-refractivity contribution >= 4 is 22.5 Å². The van der Waals surface area contributed by atoms with Crippen molar-refractivity contribution in [1.29, 1.82) is 0 Å². The van der Waals surface area contributed by atoms with Crippen LogP contribution < -0.4 is 14.4 Å². The molecule has 1 aliphatic rings. The van der Waals surface area contributed by atoms with Crippen LogP contribution in [0.15, 0.2) is 54.6 Å². The first kappa shape index (κ1) is 18.1. The van der Waals surface area contributed by atoms with E-state index in [1.807, 2.05) is 41.3 Å². The van der Waals surface area contributed by atoms with Crippen LogP contribution >= 0.6 is 0 Å². The van der Waals surface area contributed by atoms with Gasteiger partial charge in [-0.1, -0.05) is 6.07 Å². The molecular weight excluding hydrogens is 354 g/mol. The summed E-state index contributed by atoms with van der Waals surface area (Å²) in [5.41, 5.74) is 2.42. The summed E-state index contributed by atoms with van der Waals surface area (Å²) in [6, 6.07) is 17.4. The number of piperazine rings is 1. The van der Waals surface area contributed by atoms with E-state index in [2.05, 4.69) is 22.0 Å². The third-order valence-electron chi connectivity index (χ3n) is 5.12. The van der Waals surface area contributed by atoms with Crippen LogP contribution in [0.25, 0.3) is 10.9 Å². The number of fused-ring (bicyclic) bond motifs is 1. The fourth-order valence-corrected chi connectivity index (χ4v) is 3.47. The van der Waals surface area contributed by atoms with E-state index < -0.39 is 0 Å². The van der Waals surface area contributed by atoms with Gasteiger partial charge in [-0.3, -0.25) is 4.79 Å². The molecule has 1 fully saturated rings. The predicted octanol–water partition coefficient (Wildman–Crippen LogP) is 3.21. The summed E-state index contributed by atoms with van der Waals surface area (Å²) in [6.45, 7) is 2.94. The molecule has 0 radical (unpaired) electrons. The number of carbonyl (C=O) groups is 1. The van der Waals surface area contributed by atoms with Gasteiger partial charge in [-0.25, -0.2) is 4.98 Å². The molecule has 2 heterocycles. The van der Waals surface area contributed by atoms with E-state index in [-0.39, 0.29) is 5.91 Å². The Labute approximate surface area is 164 Å². The first-order valence-electron chi connectivity index (χ1n) is 9.31. The van der Waals surface area contributed by atoms with Crippen LogP contribution in [0.2, 0.25) is 0 Å². The van der Waals surface area contributed by atoms with E-state index in [1.165, 1.54) is 0 Å². The highest BCUT2D eigenvalue weighted by Gasteiger charge is 2.23. The summed E-state index contributed by atoms with van der Waals surface area (Å²) in [4.78, 5) is 21.6. The van der Waals surface area contributed by atoms with Crippen LogP contribution in [-0.4, -0.2) is 56.2 Å². The topological polar surface area (TPSA) is 54.9 Å². The Hall–Kier alpha value is -3.28. The van der Waals surface area contributed by atoms with Crippen LogP contribution in [0.5, 0.6) is 11.5 Å². The van der Waals surface area contributed by atoms with Crippen molar-refractivity contribution in [3.63, 3.8) is 0 Å². The zero-order valence-corrected chi connectivity index (χ0v) is 16.1. The van der Waals surface area contributed by atoms with Gasteiger partial charge in [0.1, 0.15) is 17.2 Å².